The second kappa shape index (κ2) is 3.73. The number of nitrogens with two attached hydrogens (primary N) is 2. The first-order chi connectivity index (χ1) is 6.47. The second-order valence-corrected chi connectivity index (χ2v) is 3.40. The maximum absolute atomic E-state index is 10.8. The molecule has 1 aromatic heterocycles. The number of hydrogen-bond acceptors (Lipinski definition) is 4. The topological polar surface area (TPSA) is 102 Å². The highest BCUT2D eigenvalue weighted by atomic mass is 16.3. The summed E-state index contributed by atoms with van der Waals surface area (Å²) in [5.74, 6) is -0.562. The molecule has 0 aliphatic rings. The molecule has 0 spiro atoms. The van der Waals surface area contributed by atoms with Gasteiger partial charge in [-0.3, -0.25) is 9.78 Å². The Morgan fingerprint density at radius 2 is 2.29 bits per heavy atom. The van der Waals surface area contributed by atoms with E-state index in [0.717, 1.165) is 0 Å². The molecule has 1 heterocycles. The van der Waals surface area contributed by atoms with Gasteiger partial charge in [-0.1, -0.05) is 0 Å². The summed E-state index contributed by atoms with van der Waals surface area (Å²) in [6.07, 6.45) is 2.86. The third-order valence-corrected chi connectivity index (χ3v) is 2.01. The van der Waals surface area contributed by atoms with Crippen LogP contribution in [-0.4, -0.2) is 22.6 Å². The molecule has 1 rings (SSSR count). The van der Waals surface area contributed by atoms with Crippen molar-refractivity contribution in [3.63, 3.8) is 0 Å². The van der Waals surface area contributed by atoms with E-state index in [2.05, 4.69) is 4.98 Å². The van der Waals surface area contributed by atoms with E-state index in [0.29, 0.717) is 5.56 Å². The van der Waals surface area contributed by atoms with Gasteiger partial charge in [-0.15, -0.1) is 0 Å². The number of carbonyl (C=O) groups is 1. The molecule has 1 aromatic rings. The molecule has 0 fully saturated rings. The molecule has 76 valence electrons. The summed E-state index contributed by atoms with van der Waals surface area (Å²) in [5, 5.41) is 9.01. The first kappa shape index (κ1) is 10.6. The Morgan fingerprint density at radius 1 is 1.64 bits per heavy atom. The normalized spacial score (nSPS) is 14.8. The molecule has 0 aliphatic heterocycles. The fourth-order valence-corrected chi connectivity index (χ4v) is 0.978. The first-order valence-corrected chi connectivity index (χ1v) is 4.12. The molecule has 5 nitrogen and oxygen atoms in total. The maximum Gasteiger partial charge on any atom is 0.250 e. The zero-order valence-electron chi connectivity index (χ0n) is 7.90. The van der Waals surface area contributed by atoms with Crippen LogP contribution in [0.15, 0.2) is 18.5 Å². The Morgan fingerprint density at radius 3 is 2.79 bits per heavy atom. The Balaban J connectivity index is 3.12. The number of aromatic nitrogens is 1. The van der Waals surface area contributed by atoms with Crippen LogP contribution < -0.4 is 11.5 Å². The Bertz CT molecular complexity index is 350. The van der Waals surface area contributed by atoms with Crippen molar-refractivity contribution in [3.05, 3.63) is 29.6 Å². The fourth-order valence-electron chi connectivity index (χ4n) is 0.978. The van der Waals surface area contributed by atoms with Gasteiger partial charge in [-0.2, -0.15) is 0 Å². The molecule has 0 saturated heterocycles. The summed E-state index contributed by atoms with van der Waals surface area (Å²) >= 11 is 0. The lowest BCUT2D eigenvalue weighted by Crippen LogP contribution is -2.37. The third-order valence-electron chi connectivity index (χ3n) is 2.01. The highest BCUT2D eigenvalue weighted by Crippen LogP contribution is 2.16. The number of nitrogens with zero attached hydrogens (tertiary/aromatic N) is 1. The first-order valence-electron chi connectivity index (χ1n) is 4.12. The van der Waals surface area contributed by atoms with Gasteiger partial charge in [0, 0.05) is 12.4 Å². The molecule has 1 atom stereocenters. The van der Waals surface area contributed by atoms with Crippen LogP contribution in [0.2, 0.25) is 0 Å². The van der Waals surface area contributed by atoms with Gasteiger partial charge >= 0.3 is 0 Å². The average molecular weight is 195 g/mol. The van der Waals surface area contributed by atoms with Crippen LogP contribution in [0, 0.1) is 0 Å². The van der Waals surface area contributed by atoms with Crippen LogP contribution in [0.4, 0.5) is 0 Å². The molecule has 5 heteroatoms. The van der Waals surface area contributed by atoms with Crippen molar-refractivity contribution in [1.82, 2.24) is 4.98 Å². The number of hydrogen-bond donors (Lipinski definition) is 3. The lowest BCUT2D eigenvalue weighted by Gasteiger charge is -2.21. The second-order valence-electron chi connectivity index (χ2n) is 3.40. The van der Waals surface area contributed by atoms with E-state index in [1.165, 1.54) is 18.5 Å². The van der Waals surface area contributed by atoms with E-state index < -0.39 is 11.4 Å². The van der Waals surface area contributed by atoms with Crippen molar-refractivity contribution in [2.24, 2.45) is 11.5 Å². The van der Waals surface area contributed by atoms with Crippen molar-refractivity contribution in [1.29, 1.82) is 0 Å². The Hall–Kier alpha value is -1.46. The van der Waals surface area contributed by atoms with E-state index >= 15 is 0 Å². The van der Waals surface area contributed by atoms with Gasteiger partial charge in [0.15, 0.2) is 0 Å². The quantitative estimate of drug-likeness (QED) is 0.596. The number of aliphatic hydroxyl groups is 1. The summed E-state index contributed by atoms with van der Waals surface area (Å²) in [6.45, 7) is 1.42. The molecule has 5 N–H and O–H groups in total. The minimum Gasteiger partial charge on any atom is -0.394 e. The average Bonchev–Trinajstić information content (AvgIpc) is 2.18. The van der Waals surface area contributed by atoms with Crippen molar-refractivity contribution in [2.75, 3.05) is 6.61 Å². The van der Waals surface area contributed by atoms with E-state index in [1.54, 1.807) is 6.92 Å². The predicted octanol–water partition coefficient (Wildman–Crippen LogP) is -0.653. The van der Waals surface area contributed by atoms with Gasteiger partial charge in [0.25, 0.3) is 0 Å². The zero-order chi connectivity index (χ0) is 10.8. The summed E-state index contributed by atoms with van der Waals surface area (Å²) < 4.78 is 0. The van der Waals surface area contributed by atoms with Gasteiger partial charge in [-0.25, -0.2) is 0 Å². The van der Waals surface area contributed by atoms with Crippen LogP contribution in [-0.2, 0) is 5.54 Å². The van der Waals surface area contributed by atoms with Gasteiger partial charge in [0.05, 0.1) is 17.7 Å². The minimum atomic E-state index is -0.904. The van der Waals surface area contributed by atoms with Gasteiger partial charge in [-0.05, 0) is 18.6 Å². The largest absolute Gasteiger partial charge is 0.394 e. The van der Waals surface area contributed by atoms with Crippen molar-refractivity contribution in [2.45, 2.75) is 12.5 Å². The van der Waals surface area contributed by atoms with Gasteiger partial charge < -0.3 is 16.6 Å². The number of primary amides is 1. The lowest BCUT2D eigenvalue weighted by atomic mass is 9.95. The lowest BCUT2D eigenvalue weighted by molar-refractivity contribution is 0.0999. The molecule has 0 radical (unpaired) electrons. The maximum atomic E-state index is 10.8. The van der Waals surface area contributed by atoms with E-state index in [9.17, 15) is 4.79 Å². The molecule has 0 saturated carbocycles. The summed E-state index contributed by atoms with van der Waals surface area (Å²) in [4.78, 5) is 14.7. The van der Waals surface area contributed by atoms with E-state index in [4.69, 9.17) is 16.6 Å². The Labute approximate surface area is 81.7 Å². The molecule has 0 aliphatic carbocycles. The smallest absolute Gasteiger partial charge is 0.250 e. The SMILES string of the molecule is CC(N)(CO)c1cncc(C(N)=O)c1. The highest BCUT2D eigenvalue weighted by molar-refractivity contribution is 5.92. The molecule has 14 heavy (non-hydrogen) atoms. The molecule has 0 aromatic carbocycles. The number of rotatable bonds is 3. The van der Waals surface area contributed by atoms with Gasteiger partial charge in [0.1, 0.15) is 0 Å². The molecular formula is C9H13N3O2. The summed E-state index contributed by atoms with van der Waals surface area (Å²) in [5.41, 5.74) is 10.8. The number of amides is 1. The summed E-state index contributed by atoms with van der Waals surface area (Å²) in [7, 11) is 0. The number of pyridine rings is 1. The van der Waals surface area contributed by atoms with Crippen molar-refractivity contribution < 1.29 is 9.90 Å². The molecule has 1 unspecified atom stereocenters. The fraction of sp³-hybridized carbons (Fsp3) is 0.333. The van der Waals surface area contributed by atoms with Crippen LogP contribution >= 0.6 is 0 Å². The zero-order valence-corrected chi connectivity index (χ0v) is 7.90. The monoisotopic (exact) mass is 195 g/mol. The standard InChI is InChI=1S/C9H13N3O2/c1-9(11,5-13)7-2-6(8(10)14)3-12-4-7/h2-4,13H,5,11H2,1H3,(H2,10,14). The molecule has 0 bridgehead atoms. The number of carbonyl (C=O) groups excluding carboxylic acids is 1. The Kier molecular flexibility index (Phi) is 2.83. The minimum absolute atomic E-state index is 0.225. The molecule has 1 amide bonds. The number of aliphatic hydroxyl groups excluding tert-OH is 1. The van der Waals surface area contributed by atoms with Crippen LogP contribution in [0.25, 0.3) is 0 Å². The van der Waals surface area contributed by atoms with Crippen molar-refractivity contribution in [3.8, 4) is 0 Å². The summed E-state index contributed by atoms with van der Waals surface area (Å²) in [6, 6.07) is 1.53. The van der Waals surface area contributed by atoms with Crippen molar-refractivity contribution >= 4 is 5.91 Å². The van der Waals surface area contributed by atoms with E-state index in [-0.39, 0.29) is 12.2 Å². The van der Waals surface area contributed by atoms with Gasteiger partial charge in [0.2, 0.25) is 5.91 Å². The van der Waals surface area contributed by atoms with Crippen LogP contribution in [0.1, 0.15) is 22.8 Å². The predicted molar refractivity (Wildman–Crippen MR) is 51.4 cm³/mol. The van der Waals surface area contributed by atoms with Crippen LogP contribution in [0.5, 0.6) is 0 Å². The van der Waals surface area contributed by atoms with Crippen LogP contribution in [0.3, 0.4) is 0 Å². The molecular weight excluding hydrogens is 182 g/mol. The third kappa shape index (κ3) is 2.07. The van der Waals surface area contributed by atoms with E-state index in [1.807, 2.05) is 0 Å². The highest BCUT2D eigenvalue weighted by Gasteiger charge is 2.21.